The van der Waals surface area contributed by atoms with Crippen molar-refractivity contribution >= 4 is 42.6 Å². The van der Waals surface area contributed by atoms with E-state index in [1.54, 1.807) is 0 Å². The molecule has 4 heteroatoms. The molecule has 1 atom stereocenters. The second kappa shape index (κ2) is 6.26. The van der Waals surface area contributed by atoms with Crippen LogP contribution in [0.5, 0.6) is 0 Å². The molecule has 0 aliphatic rings. The van der Waals surface area contributed by atoms with Crippen molar-refractivity contribution in [1.29, 1.82) is 0 Å². The fourth-order valence-electron chi connectivity index (χ4n) is 2.49. The fraction of sp³-hybridized carbons (Fsp3) is 0.118. The van der Waals surface area contributed by atoms with E-state index in [9.17, 15) is 0 Å². The van der Waals surface area contributed by atoms with E-state index in [-0.39, 0.29) is 6.04 Å². The van der Waals surface area contributed by atoms with Crippen molar-refractivity contribution in [2.75, 3.05) is 7.05 Å². The first-order valence-corrected chi connectivity index (χ1v) is 8.24. The molecule has 3 aromatic rings. The molecular formula is C17H14Br2N2. The van der Waals surface area contributed by atoms with Gasteiger partial charge in [-0.1, -0.05) is 36.4 Å². The van der Waals surface area contributed by atoms with Crippen molar-refractivity contribution in [3.63, 3.8) is 0 Å². The zero-order chi connectivity index (χ0) is 14.8. The van der Waals surface area contributed by atoms with Crippen LogP contribution in [-0.2, 0) is 0 Å². The zero-order valence-corrected chi connectivity index (χ0v) is 14.6. The lowest BCUT2D eigenvalue weighted by Gasteiger charge is -2.18. The van der Waals surface area contributed by atoms with Crippen molar-refractivity contribution < 1.29 is 0 Å². The van der Waals surface area contributed by atoms with Gasteiger partial charge >= 0.3 is 0 Å². The molecule has 1 N–H and O–H groups in total. The van der Waals surface area contributed by atoms with E-state index in [2.05, 4.69) is 84.6 Å². The molecule has 0 aliphatic heterocycles. The number of benzene rings is 2. The monoisotopic (exact) mass is 404 g/mol. The minimum absolute atomic E-state index is 0.0529. The van der Waals surface area contributed by atoms with Crippen LogP contribution in [0, 0.1) is 0 Å². The van der Waals surface area contributed by atoms with Gasteiger partial charge in [0.1, 0.15) is 0 Å². The van der Waals surface area contributed by atoms with Gasteiger partial charge in [-0.25, -0.2) is 0 Å². The normalized spacial score (nSPS) is 12.5. The molecule has 1 unspecified atom stereocenters. The summed E-state index contributed by atoms with van der Waals surface area (Å²) < 4.78 is 1.95. The summed E-state index contributed by atoms with van der Waals surface area (Å²) in [5.74, 6) is 0. The number of nitrogens with one attached hydrogen (secondary N) is 1. The average Bonchev–Trinajstić information content (AvgIpc) is 2.50. The van der Waals surface area contributed by atoms with Crippen molar-refractivity contribution in [3.05, 3.63) is 74.9 Å². The summed E-state index contributed by atoms with van der Waals surface area (Å²) in [5.41, 5.74) is 2.18. The number of hydrogen-bond acceptors (Lipinski definition) is 2. The number of fused-ring (bicyclic) bond motifs is 1. The van der Waals surface area contributed by atoms with Gasteiger partial charge in [-0.15, -0.1) is 0 Å². The molecule has 0 spiro atoms. The summed E-state index contributed by atoms with van der Waals surface area (Å²) in [5, 5.41) is 5.84. The van der Waals surface area contributed by atoms with Crippen LogP contribution in [-0.4, -0.2) is 12.0 Å². The highest BCUT2D eigenvalue weighted by atomic mass is 79.9. The maximum absolute atomic E-state index is 4.55. The molecule has 21 heavy (non-hydrogen) atoms. The summed E-state index contributed by atoms with van der Waals surface area (Å²) in [6.07, 6.45) is 1.82. The summed E-state index contributed by atoms with van der Waals surface area (Å²) in [6.45, 7) is 0. The summed E-state index contributed by atoms with van der Waals surface area (Å²) in [6, 6.07) is 17.0. The minimum Gasteiger partial charge on any atom is -0.308 e. The summed E-state index contributed by atoms with van der Waals surface area (Å²) in [4.78, 5) is 4.55. The highest BCUT2D eigenvalue weighted by Crippen LogP contribution is 2.30. The molecular weight excluding hydrogens is 392 g/mol. The second-order valence-corrected chi connectivity index (χ2v) is 6.62. The maximum atomic E-state index is 4.55. The number of aromatic nitrogens is 1. The van der Waals surface area contributed by atoms with E-state index in [1.165, 1.54) is 16.3 Å². The van der Waals surface area contributed by atoms with Crippen LogP contribution in [0.4, 0.5) is 0 Å². The van der Waals surface area contributed by atoms with Crippen molar-refractivity contribution in [1.82, 2.24) is 10.3 Å². The van der Waals surface area contributed by atoms with Crippen molar-refractivity contribution in [2.24, 2.45) is 0 Å². The largest absolute Gasteiger partial charge is 0.308 e. The summed E-state index contributed by atoms with van der Waals surface area (Å²) >= 11 is 7.05. The third kappa shape index (κ3) is 3.03. The number of nitrogens with zero attached hydrogens (tertiary/aromatic N) is 1. The highest BCUT2D eigenvalue weighted by molar-refractivity contribution is 9.11. The van der Waals surface area contributed by atoms with Crippen LogP contribution in [0.1, 0.15) is 17.3 Å². The molecule has 1 heterocycles. The van der Waals surface area contributed by atoms with Gasteiger partial charge in [-0.05, 0) is 67.4 Å². The van der Waals surface area contributed by atoms with Gasteiger partial charge in [-0.2, -0.15) is 0 Å². The lowest BCUT2D eigenvalue weighted by atomic mass is 9.99. The van der Waals surface area contributed by atoms with Gasteiger partial charge in [-0.3, -0.25) is 4.98 Å². The number of rotatable bonds is 3. The third-order valence-electron chi connectivity index (χ3n) is 3.51. The molecule has 106 valence electrons. The maximum Gasteiger partial charge on any atom is 0.0761 e. The minimum atomic E-state index is 0.0529. The third-order valence-corrected chi connectivity index (χ3v) is 4.57. The van der Waals surface area contributed by atoms with Crippen LogP contribution in [0.25, 0.3) is 10.8 Å². The highest BCUT2D eigenvalue weighted by Gasteiger charge is 2.17. The smallest absolute Gasteiger partial charge is 0.0761 e. The predicted molar refractivity (Wildman–Crippen MR) is 94.5 cm³/mol. The first kappa shape index (κ1) is 14.7. The molecule has 0 saturated carbocycles. The SMILES string of the molecule is CNC(c1ccc2ccccc2c1)c1ncc(Br)cc1Br. The van der Waals surface area contributed by atoms with E-state index in [4.69, 9.17) is 0 Å². The Morgan fingerprint density at radius 3 is 2.48 bits per heavy atom. The summed E-state index contributed by atoms with van der Waals surface area (Å²) in [7, 11) is 1.95. The molecule has 3 rings (SSSR count). The van der Waals surface area contributed by atoms with Crippen LogP contribution in [0.2, 0.25) is 0 Å². The quantitative estimate of drug-likeness (QED) is 0.657. The fourth-order valence-corrected chi connectivity index (χ4v) is 3.70. The lowest BCUT2D eigenvalue weighted by Crippen LogP contribution is -2.19. The van der Waals surface area contributed by atoms with Gasteiger partial charge in [0.05, 0.1) is 11.7 Å². The Kier molecular flexibility index (Phi) is 4.38. The Morgan fingerprint density at radius 2 is 1.76 bits per heavy atom. The first-order valence-electron chi connectivity index (χ1n) is 6.66. The lowest BCUT2D eigenvalue weighted by molar-refractivity contribution is 0.668. The Balaban J connectivity index is 2.09. The van der Waals surface area contributed by atoms with Crippen LogP contribution < -0.4 is 5.32 Å². The number of hydrogen-bond donors (Lipinski definition) is 1. The molecule has 0 bridgehead atoms. The topological polar surface area (TPSA) is 24.9 Å². The molecule has 0 saturated heterocycles. The van der Waals surface area contributed by atoms with Gasteiger partial charge < -0.3 is 5.32 Å². The molecule has 0 fully saturated rings. The Hall–Kier alpha value is -1.23. The first-order chi connectivity index (χ1) is 10.2. The molecule has 0 aliphatic carbocycles. The molecule has 0 amide bonds. The molecule has 2 nitrogen and oxygen atoms in total. The molecule has 0 radical (unpaired) electrons. The zero-order valence-electron chi connectivity index (χ0n) is 11.5. The van der Waals surface area contributed by atoms with E-state index in [1.807, 2.05) is 19.3 Å². The van der Waals surface area contributed by atoms with Gasteiger partial charge in [0.15, 0.2) is 0 Å². The van der Waals surface area contributed by atoms with E-state index < -0.39 is 0 Å². The van der Waals surface area contributed by atoms with E-state index in [0.717, 1.165) is 14.6 Å². The van der Waals surface area contributed by atoms with Crippen LogP contribution in [0.15, 0.2) is 63.7 Å². The van der Waals surface area contributed by atoms with Crippen molar-refractivity contribution in [3.8, 4) is 0 Å². The second-order valence-electron chi connectivity index (χ2n) is 4.85. The molecule has 1 aromatic heterocycles. The van der Waals surface area contributed by atoms with Gasteiger partial charge in [0.25, 0.3) is 0 Å². The van der Waals surface area contributed by atoms with Crippen LogP contribution >= 0.6 is 31.9 Å². The van der Waals surface area contributed by atoms with E-state index >= 15 is 0 Å². The Morgan fingerprint density at radius 1 is 1.00 bits per heavy atom. The Labute approximate surface area is 140 Å². The standard InChI is InChI=1S/C17H14Br2N2/c1-20-16(17-15(19)9-14(18)10-21-17)13-7-6-11-4-2-3-5-12(11)8-13/h2-10,16,20H,1H3. The van der Waals surface area contributed by atoms with Gasteiger partial charge in [0.2, 0.25) is 0 Å². The van der Waals surface area contributed by atoms with Crippen molar-refractivity contribution in [2.45, 2.75) is 6.04 Å². The number of halogens is 2. The predicted octanol–water partition coefficient (Wildman–Crippen LogP) is 5.07. The average molecular weight is 406 g/mol. The van der Waals surface area contributed by atoms with Gasteiger partial charge in [0, 0.05) is 15.1 Å². The Bertz CT molecular complexity index is 787. The molecule has 2 aromatic carbocycles. The van der Waals surface area contributed by atoms with E-state index in [0.29, 0.717) is 0 Å². The van der Waals surface area contributed by atoms with Crippen LogP contribution in [0.3, 0.4) is 0 Å². The number of pyridine rings is 1.